The highest BCUT2D eigenvalue weighted by atomic mass is 16.4. The molecular weight excluding hydrogens is 250 g/mol. The van der Waals surface area contributed by atoms with E-state index in [4.69, 9.17) is 5.11 Å². The van der Waals surface area contributed by atoms with Crippen molar-refractivity contribution in [2.24, 2.45) is 0 Å². The standard InChI is InChI=1S/C11H17N5O3/c17-10(18)8-3-2-6-16(8)11(19)12-5-1-4-9-13-7-14-15-9/h7-8H,1-6H2,(H,12,19)(H,17,18)(H,13,14,15). The molecule has 0 radical (unpaired) electrons. The Morgan fingerprint density at radius 3 is 3.11 bits per heavy atom. The highest BCUT2D eigenvalue weighted by molar-refractivity contribution is 5.83. The fourth-order valence-corrected chi connectivity index (χ4v) is 2.17. The number of carboxylic acid groups (broad SMARTS) is 1. The Hall–Kier alpha value is -2.12. The van der Waals surface area contributed by atoms with Crippen molar-refractivity contribution in [3.05, 3.63) is 12.2 Å². The van der Waals surface area contributed by atoms with Gasteiger partial charge in [0, 0.05) is 19.5 Å². The number of hydrogen-bond acceptors (Lipinski definition) is 4. The monoisotopic (exact) mass is 267 g/mol. The highest BCUT2D eigenvalue weighted by Crippen LogP contribution is 2.17. The number of hydrogen-bond donors (Lipinski definition) is 3. The average molecular weight is 267 g/mol. The van der Waals surface area contributed by atoms with Crippen molar-refractivity contribution < 1.29 is 14.7 Å². The van der Waals surface area contributed by atoms with E-state index >= 15 is 0 Å². The molecule has 3 N–H and O–H groups in total. The van der Waals surface area contributed by atoms with Gasteiger partial charge in [-0.05, 0) is 19.3 Å². The summed E-state index contributed by atoms with van der Waals surface area (Å²) in [7, 11) is 0. The Bertz CT molecular complexity index is 434. The first-order valence-corrected chi connectivity index (χ1v) is 6.30. The molecule has 1 aromatic rings. The minimum absolute atomic E-state index is 0.303. The molecule has 1 saturated heterocycles. The zero-order valence-electron chi connectivity index (χ0n) is 10.5. The molecule has 1 atom stereocenters. The van der Waals surface area contributed by atoms with Crippen molar-refractivity contribution in [3.63, 3.8) is 0 Å². The summed E-state index contributed by atoms with van der Waals surface area (Å²) in [6, 6.07) is -0.989. The van der Waals surface area contributed by atoms with E-state index in [1.807, 2.05) is 0 Å². The second-order valence-corrected chi connectivity index (χ2v) is 4.46. The van der Waals surface area contributed by atoms with Gasteiger partial charge in [-0.1, -0.05) is 0 Å². The Balaban J connectivity index is 1.70. The molecule has 1 aliphatic rings. The molecular formula is C11H17N5O3. The predicted octanol–water partition coefficient (Wildman–Crippen LogP) is -0.00410. The smallest absolute Gasteiger partial charge is 0.326 e. The molecule has 8 nitrogen and oxygen atoms in total. The molecule has 2 amide bonds. The highest BCUT2D eigenvalue weighted by Gasteiger charge is 2.33. The first-order chi connectivity index (χ1) is 9.18. The number of nitrogens with zero attached hydrogens (tertiary/aromatic N) is 3. The molecule has 0 saturated carbocycles. The van der Waals surface area contributed by atoms with Gasteiger partial charge < -0.3 is 15.3 Å². The molecule has 2 heterocycles. The maximum absolute atomic E-state index is 11.8. The lowest BCUT2D eigenvalue weighted by Gasteiger charge is -2.21. The van der Waals surface area contributed by atoms with Gasteiger partial charge in [-0.25, -0.2) is 14.6 Å². The van der Waals surface area contributed by atoms with Crippen LogP contribution in [0.25, 0.3) is 0 Å². The topological polar surface area (TPSA) is 111 Å². The van der Waals surface area contributed by atoms with Crippen molar-refractivity contribution in [2.75, 3.05) is 13.1 Å². The lowest BCUT2D eigenvalue weighted by molar-refractivity contribution is -0.141. The number of likely N-dealkylation sites (tertiary alicyclic amines) is 1. The first kappa shape index (κ1) is 13.3. The van der Waals surface area contributed by atoms with Gasteiger partial charge in [-0.2, -0.15) is 5.10 Å². The normalized spacial score (nSPS) is 18.5. The fourth-order valence-electron chi connectivity index (χ4n) is 2.17. The van der Waals surface area contributed by atoms with Crippen LogP contribution in [0.15, 0.2) is 6.33 Å². The van der Waals surface area contributed by atoms with Crippen molar-refractivity contribution in [2.45, 2.75) is 31.7 Å². The minimum atomic E-state index is -0.936. The van der Waals surface area contributed by atoms with E-state index in [0.717, 1.165) is 18.7 Å². The summed E-state index contributed by atoms with van der Waals surface area (Å²) in [5.74, 6) is -0.159. The quantitative estimate of drug-likeness (QED) is 0.650. The van der Waals surface area contributed by atoms with Crippen LogP contribution in [-0.4, -0.2) is 56.3 Å². The number of rotatable bonds is 5. The summed E-state index contributed by atoms with van der Waals surface area (Å²) in [6.07, 6.45) is 4.13. The number of nitrogens with one attached hydrogen (secondary N) is 2. The van der Waals surface area contributed by atoms with Crippen LogP contribution in [-0.2, 0) is 11.2 Å². The molecule has 2 rings (SSSR count). The molecule has 0 aliphatic carbocycles. The van der Waals surface area contributed by atoms with E-state index in [0.29, 0.717) is 25.9 Å². The van der Waals surface area contributed by atoms with Crippen LogP contribution in [0.2, 0.25) is 0 Å². The lowest BCUT2D eigenvalue weighted by Crippen LogP contribution is -2.46. The van der Waals surface area contributed by atoms with Gasteiger partial charge in [0.1, 0.15) is 18.2 Å². The second kappa shape index (κ2) is 6.17. The van der Waals surface area contributed by atoms with Gasteiger partial charge >= 0.3 is 12.0 Å². The molecule has 19 heavy (non-hydrogen) atoms. The maximum Gasteiger partial charge on any atom is 0.326 e. The first-order valence-electron chi connectivity index (χ1n) is 6.30. The largest absolute Gasteiger partial charge is 0.480 e. The summed E-state index contributed by atoms with van der Waals surface area (Å²) in [6.45, 7) is 0.993. The fraction of sp³-hybridized carbons (Fsp3) is 0.636. The SMILES string of the molecule is O=C(O)C1CCCN1C(=O)NCCCc1ncn[nH]1. The van der Waals surface area contributed by atoms with E-state index in [1.54, 1.807) is 0 Å². The van der Waals surface area contributed by atoms with E-state index < -0.39 is 12.0 Å². The number of aromatic nitrogens is 3. The third-order valence-electron chi connectivity index (χ3n) is 3.13. The third kappa shape index (κ3) is 3.43. The van der Waals surface area contributed by atoms with Gasteiger partial charge in [-0.3, -0.25) is 5.10 Å². The number of H-pyrrole nitrogens is 1. The number of carboxylic acids is 1. The Morgan fingerprint density at radius 1 is 1.58 bits per heavy atom. The average Bonchev–Trinajstić information content (AvgIpc) is 3.04. The van der Waals surface area contributed by atoms with E-state index in [1.165, 1.54) is 11.2 Å². The van der Waals surface area contributed by atoms with Crippen molar-refractivity contribution in [1.82, 2.24) is 25.4 Å². The number of aromatic amines is 1. The van der Waals surface area contributed by atoms with E-state index in [9.17, 15) is 9.59 Å². The van der Waals surface area contributed by atoms with Gasteiger partial charge in [-0.15, -0.1) is 0 Å². The maximum atomic E-state index is 11.8. The van der Waals surface area contributed by atoms with Gasteiger partial charge in [0.2, 0.25) is 0 Å². The molecule has 0 spiro atoms. The number of carbonyl (C=O) groups is 2. The Morgan fingerprint density at radius 2 is 2.42 bits per heavy atom. The molecule has 1 unspecified atom stereocenters. The Labute approximate surface area is 110 Å². The van der Waals surface area contributed by atoms with Crippen molar-refractivity contribution in [1.29, 1.82) is 0 Å². The van der Waals surface area contributed by atoms with Crippen molar-refractivity contribution >= 4 is 12.0 Å². The van der Waals surface area contributed by atoms with Crippen LogP contribution in [0, 0.1) is 0 Å². The van der Waals surface area contributed by atoms with Crippen LogP contribution in [0.4, 0.5) is 4.79 Å². The number of urea groups is 1. The summed E-state index contributed by atoms with van der Waals surface area (Å²) < 4.78 is 0. The van der Waals surface area contributed by atoms with Gasteiger partial charge in [0.05, 0.1) is 0 Å². The molecule has 104 valence electrons. The molecule has 0 bridgehead atoms. The van der Waals surface area contributed by atoms with Crippen LogP contribution in [0.1, 0.15) is 25.1 Å². The van der Waals surface area contributed by atoms with Gasteiger partial charge in [0.15, 0.2) is 0 Å². The molecule has 8 heteroatoms. The number of aliphatic carboxylic acids is 1. The third-order valence-corrected chi connectivity index (χ3v) is 3.13. The summed E-state index contributed by atoms with van der Waals surface area (Å²) in [4.78, 5) is 28.2. The number of aryl methyl sites for hydroxylation is 1. The number of carbonyl (C=O) groups excluding carboxylic acids is 1. The summed E-state index contributed by atoms with van der Waals surface area (Å²) in [5.41, 5.74) is 0. The molecule has 1 aromatic heterocycles. The predicted molar refractivity (Wildman–Crippen MR) is 65.5 cm³/mol. The molecule has 1 fully saturated rings. The number of amides is 2. The molecule has 1 aliphatic heterocycles. The van der Waals surface area contributed by atoms with Crippen LogP contribution in [0.3, 0.4) is 0 Å². The van der Waals surface area contributed by atoms with E-state index in [-0.39, 0.29) is 6.03 Å². The molecule has 0 aromatic carbocycles. The minimum Gasteiger partial charge on any atom is -0.480 e. The van der Waals surface area contributed by atoms with Crippen LogP contribution >= 0.6 is 0 Å². The summed E-state index contributed by atoms with van der Waals surface area (Å²) >= 11 is 0. The zero-order valence-corrected chi connectivity index (χ0v) is 10.5. The van der Waals surface area contributed by atoms with Crippen LogP contribution < -0.4 is 5.32 Å². The summed E-state index contributed by atoms with van der Waals surface area (Å²) in [5, 5.41) is 18.2. The van der Waals surface area contributed by atoms with E-state index in [2.05, 4.69) is 20.5 Å². The van der Waals surface area contributed by atoms with Gasteiger partial charge in [0.25, 0.3) is 0 Å². The van der Waals surface area contributed by atoms with Crippen LogP contribution in [0.5, 0.6) is 0 Å². The Kier molecular flexibility index (Phi) is 4.32. The lowest BCUT2D eigenvalue weighted by atomic mass is 10.2. The van der Waals surface area contributed by atoms with Crippen molar-refractivity contribution in [3.8, 4) is 0 Å². The second-order valence-electron chi connectivity index (χ2n) is 4.46. The zero-order chi connectivity index (χ0) is 13.7.